The first-order chi connectivity index (χ1) is 21.4. The van der Waals surface area contributed by atoms with Gasteiger partial charge in [-0.15, -0.1) is 5.53 Å². The summed E-state index contributed by atoms with van der Waals surface area (Å²) >= 11 is 0. The van der Waals surface area contributed by atoms with E-state index >= 15 is 0 Å². The molecule has 1 aliphatic heterocycles. The molecule has 4 N–H and O–H groups in total. The molecule has 234 valence electrons. The number of hydrazine groups is 2. The summed E-state index contributed by atoms with van der Waals surface area (Å²) in [5, 5.41) is 27.4. The van der Waals surface area contributed by atoms with Crippen molar-refractivity contribution in [3.63, 3.8) is 0 Å². The van der Waals surface area contributed by atoms with Gasteiger partial charge in [-0.1, -0.05) is 12.5 Å². The van der Waals surface area contributed by atoms with Crippen molar-refractivity contribution >= 4 is 22.3 Å². The van der Waals surface area contributed by atoms with Gasteiger partial charge in [-0.25, -0.2) is 13.8 Å². The number of aromatic nitrogens is 2. The molecule has 2 fully saturated rings. The number of fused-ring (bicyclic) bond motifs is 1. The molecule has 15 heteroatoms. The van der Waals surface area contributed by atoms with Gasteiger partial charge in [-0.3, -0.25) is 9.99 Å². The molecule has 0 saturated heterocycles. The Morgan fingerprint density at radius 1 is 1.09 bits per heavy atom. The van der Waals surface area contributed by atoms with E-state index in [9.17, 15) is 36.9 Å². The fourth-order valence-corrected chi connectivity index (χ4v) is 5.91. The predicted molar refractivity (Wildman–Crippen MR) is 151 cm³/mol. The molecule has 6 rings (SSSR count). The van der Waals surface area contributed by atoms with Crippen molar-refractivity contribution < 1.29 is 26.3 Å². The number of benzene rings is 1. The van der Waals surface area contributed by atoms with E-state index in [0.29, 0.717) is 29.1 Å². The third-order valence-corrected chi connectivity index (χ3v) is 8.99. The maximum atomic E-state index is 14.0. The SMILES string of the molecule is Cc1nc(F)ccc1[C@H](Nc1cc(C#N)c2ncc(C#N)c(NCC3(C(F)(F)F)CCC3)c2c1)C1=CN(C2(C(F)F)CC2)NN1. The summed E-state index contributed by atoms with van der Waals surface area (Å²) in [6, 6.07) is 8.86. The van der Waals surface area contributed by atoms with E-state index in [1.54, 1.807) is 13.0 Å². The lowest BCUT2D eigenvalue weighted by Gasteiger charge is -2.43. The van der Waals surface area contributed by atoms with Crippen molar-refractivity contribution in [1.82, 2.24) is 25.9 Å². The Balaban J connectivity index is 1.42. The van der Waals surface area contributed by atoms with Crippen LogP contribution < -0.4 is 21.6 Å². The van der Waals surface area contributed by atoms with Gasteiger partial charge in [0, 0.05) is 41.3 Å². The Morgan fingerprint density at radius 3 is 2.40 bits per heavy atom. The summed E-state index contributed by atoms with van der Waals surface area (Å²) in [5.74, 6) is -0.718. The summed E-state index contributed by atoms with van der Waals surface area (Å²) < 4.78 is 83.5. The molecule has 2 saturated carbocycles. The molecular formula is C30H27F6N9. The van der Waals surface area contributed by atoms with Gasteiger partial charge in [-0.05, 0) is 50.8 Å². The van der Waals surface area contributed by atoms with E-state index in [-0.39, 0.29) is 53.4 Å². The third kappa shape index (κ3) is 5.21. The molecule has 45 heavy (non-hydrogen) atoms. The summed E-state index contributed by atoms with van der Waals surface area (Å²) in [5.41, 5.74) is 4.20. The quantitative estimate of drug-likeness (QED) is 0.165. The van der Waals surface area contributed by atoms with Crippen LogP contribution in [-0.2, 0) is 0 Å². The van der Waals surface area contributed by atoms with Gasteiger partial charge in [0.1, 0.15) is 17.7 Å². The summed E-state index contributed by atoms with van der Waals surface area (Å²) in [6.45, 7) is 1.12. The first kappa shape index (κ1) is 30.3. The fourth-order valence-electron chi connectivity index (χ4n) is 5.91. The van der Waals surface area contributed by atoms with E-state index in [1.807, 2.05) is 6.07 Å². The van der Waals surface area contributed by atoms with E-state index in [1.165, 1.54) is 29.5 Å². The molecule has 0 bridgehead atoms. The number of nitriles is 2. The van der Waals surface area contributed by atoms with Crippen molar-refractivity contribution in [2.45, 2.75) is 63.2 Å². The second-order valence-corrected chi connectivity index (χ2v) is 11.7. The van der Waals surface area contributed by atoms with Gasteiger partial charge in [0.25, 0.3) is 6.43 Å². The summed E-state index contributed by atoms with van der Waals surface area (Å²) in [7, 11) is 0. The maximum Gasteiger partial charge on any atom is 0.396 e. The van der Waals surface area contributed by atoms with Gasteiger partial charge in [0.15, 0.2) is 0 Å². The predicted octanol–water partition coefficient (Wildman–Crippen LogP) is 6.08. The fraction of sp³-hybridized carbons (Fsp3) is 0.400. The number of nitrogens with zero attached hydrogens (tertiary/aromatic N) is 5. The molecule has 0 unspecified atom stereocenters. The van der Waals surface area contributed by atoms with E-state index in [4.69, 9.17) is 0 Å². The second-order valence-electron chi connectivity index (χ2n) is 11.7. The molecule has 3 aromatic rings. The van der Waals surface area contributed by atoms with Crippen LogP contribution in [0, 0.1) is 40.9 Å². The van der Waals surface area contributed by atoms with Crippen molar-refractivity contribution in [2.24, 2.45) is 5.41 Å². The molecule has 9 nitrogen and oxygen atoms in total. The van der Waals surface area contributed by atoms with E-state index in [0.717, 1.165) is 6.07 Å². The number of alkyl halides is 5. The number of halogens is 6. The Labute approximate surface area is 253 Å². The van der Waals surface area contributed by atoms with Crippen molar-refractivity contribution in [1.29, 1.82) is 10.5 Å². The van der Waals surface area contributed by atoms with E-state index in [2.05, 4.69) is 37.6 Å². The molecule has 3 heterocycles. The lowest BCUT2D eigenvalue weighted by atomic mass is 9.68. The Bertz CT molecular complexity index is 1770. The van der Waals surface area contributed by atoms with Crippen LogP contribution in [0.4, 0.5) is 37.7 Å². The molecule has 1 atom stereocenters. The van der Waals surface area contributed by atoms with Crippen LogP contribution in [0.15, 0.2) is 42.4 Å². The van der Waals surface area contributed by atoms with Crippen LogP contribution >= 0.6 is 0 Å². The highest BCUT2D eigenvalue weighted by atomic mass is 19.4. The summed E-state index contributed by atoms with van der Waals surface area (Å²) in [4.78, 5) is 8.15. The Morgan fingerprint density at radius 2 is 1.82 bits per heavy atom. The average Bonchev–Trinajstić information content (AvgIpc) is 3.64. The zero-order chi connectivity index (χ0) is 32.1. The minimum Gasteiger partial charge on any atom is -0.382 e. The molecule has 1 aromatic carbocycles. The highest BCUT2D eigenvalue weighted by Crippen LogP contribution is 2.53. The number of aryl methyl sites for hydroxylation is 1. The topological polar surface area (TPSA) is 125 Å². The van der Waals surface area contributed by atoms with Crippen molar-refractivity contribution in [3.05, 3.63) is 70.7 Å². The average molecular weight is 628 g/mol. The Kier molecular flexibility index (Phi) is 7.40. The molecule has 2 aromatic heterocycles. The standard InChI is InChI=1S/C30H27F6N9/c1-16-20(3-4-23(31)41-16)26(22-14-45(44-43-22)29(7-8-29)27(32)33)42-19-9-17(11-37)24-21(10-19)25(18(12-38)13-39-24)40-15-28(5-2-6-28)30(34,35)36/h3-4,9-10,13-14,26-27,42-44H,2,5-8,15H2,1H3,(H,39,40)/t26-/m0/s1. The maximum absolute atomic E-state index is 14.0. The van der Waals surface area contributed by atoms with E-state index < -0.39 is 42.1 Å². The highest BCUT2D eigenvalue weighted by molar-refractivity contribution is 5.99. The summed E-state index contributed by atoms with van der Waals surface area (Å²) in [6.07, 6.45) is -3.48. The smallest absolute Gasteiger partial charge is 0.382 e. The van der Waals surface area contributed by atoms with Crippen molar-refractivity contribution in [2.75, 3.05) is 17.2 Å². The normalized spacial score (nSPS) is 18.8. The zero-order valence-corrected chi connectivity index (χ0v) is 23.9. The van der Waals surface area contributed by atoms with Crippen LogP contribution in [0.3, 0.4) is 0 Å². The minimum absolute atomic E-state index is 0.00273. The van der Waals surface area contributed by atoms with Crippen LogP contribution in [0.5, 0.6) is 0 Å². The lowest BCUT2D eigenvalue weighted by Crippen LogP contribution is -2.48. The number of anilines is 2. The molecular weight excluding hydrogens is 600 g/mol. The lowest BCUT2D eigenvalue weighted by molar-refractivity contribution is -0.244. The van der Waals surface area contributed by atoms with Gasteiger partial charge < -0.3 is 16.1 Å². The third-order valence-electron chi connectivity index (χ3n) is 8.99. The monoisotopic (exact) mass is 627 g/mol. The van der Waals surface area contributed by atoms with Crippen LogP contribution in [0.2, 0.25) is 0 Å². The largest absolute Gasteiger partial charge is 0.396 e. The first-order valence-corrected chi connectivity index (χ1v) is 14.2. The molecule has 0 spiro atoms. The molecule has 0 radical (unpaired) electrons. The van der Waals surface area contributed by atoms with Crippen molar-refractivity contribution in [3.8, 4) is 12.1 Å². The number of hydrogen-bond acceptors (Lipinski definition) is 9. The first-order valence-electron chi connectivity index (χ1n) is 14.2. The van der Waals surface area contributed by atoms with Gasteiger partial charge in [-0.2, -0.15) is 28.1 Å². The number of rotatable bonds is 9. The Hall–Kier alpha value is -4.76. The minimum atomic E-state index is -4.44. The zero-order valence-electron chi connectivity index (χ0n) is 23.9. The number of nitrogens with one attached hydrogen (secondary N) is 4. The van der Waals surface area contributed by atoms with Crippen LogP contribution in [0.25, 0.3) is 10.9 Å². The number of hydrogen-bond donors (Lipinski definition) is 4. The van der Waals surface area contributed by atoms with Gasteiger partial charge in [0.05, 0.1) is 39.5 Å². The number of pyridine rings is 2. The van der Waals surface area contributed by atoms with Crippen LogP contribution in [-0.4, -0.2) is 39.7 Å². The second kappa shape index (κ2) is 11.0. The molecule has 0 amide bonds. The van der Waals surface area contributed by atoms with Gasteiger partial charge in [0.2, 0.25) is 5.95 Å². The molecule has 2 aliphatic carbocycles. The van der Waals surface area contributed by atoms with Gasteiger partial charge >= 0.3 is 6.18 Å². The highest BCUT2D eigenvalue weighted by Gasteiger charge is 2.58. The van der Waals surface area contributed by atoms with Crippen LogP contribution in [0.1, 0.15) is 60.5 Å². The molecule has 3 aliphatic rings.